The Morgan fingerprint density at radius 1 is 1.05 bits per heavy atom. The van der Waals surface area contributed by atoms with Gasteiger partial charge < -0.3 is 10.2 Å². The zero-order valence-electron chi connectivity index (χ0n) is 10.4. The lowest BCUT2D eigenvalue weighted by molar-refractivity contribution is -0.138. The molecular formula is C15H12Cl2O3. The van der Waals surface area contributed by atoms with Crippen LogP contribution < -0.4 is 0 Å². The number of carboxylic acid groups (broad SMARTS) is 1. The Kier molecular flexibility index (Phi) is 4.53. The highest BCUT2D eigenvalue weighted by Gasteiger charge is 2.20. The Bertz CT molecular complexity index is 624. The fourth-order valence-corrected chi connectivity index (χ4v) is 2.28. The predicted molar refractivity (Wildman–Crippen MR) is 78.6 cm³/mol. The minimum Gasteiger partial charge on any atom is -0.508 e. The molecule has 0 aromatic heterocycles. The molecule has 1 atom stereocenters. The summed E-state index contributed by atoms with van der Waals surface area (Å²) in [6.07, 6.45) is 0.303. The normalized spacial score (nSPS) is 12.1. The first-order valence-electron chi connectivity index (χ1n) is 5.93. The summed E-state index contributed by atoms with van der Waals surface area (Å²) in [5.41, 5.74) is 1.42. The standard InChI is InChI=1S/C15H12Cl2O3/c16-13-6-1-9(8-14(13)17)7-12(15(19)20)10-2-4-11(18)5-3-10/h1-6,8,12,18H,7H2,(H,19,20). The number of rotatable bonds is 4. The number of phenolic OH excluding ortho intramolecular Hbond substituents is 1. The van der Waals surface area contributed by atoms with E-state index in [1.165, 1.54) is 12.1 Å². The van der Waals surface area contributed by atoms with Crippen LogP contribution in [-0.2, 0) is 11.2 Å². The molecule has 0 saturated heterocycles. The van der Waals surface area contributed by atoms with Gasteiger partial charge in [-0.25, -0.2) is 0 Å². The summed E-state index contributed by atoms with van der Waals surface area (Å²) in [7, 11) is 0. The van der Waals surface area contributed by atoms with Gasteiger partial charge in [0.25, 0.3) is 0 Å². The number of hydrogen-bond acceptors (Lipinski definition) is 2. The molecule has 0 fully saturated rings. The van der Waals surface area contributed by atoms with Crippen molar-refractivity contribution in [3.63, 3.8) is 0 Å². The number of aromatic hydroxyl groups is 1. The van der Waals surface area contributed by atoms with Gasteiger partial charge >= 0.3 is 5.97 Å². The third kappa shape index (κ3) is 3.44. The van der Waals surface area contributed by atoms with Crippen molar-refractivity contribution < 1.29 is 15.0 Å². The molecule has 5 heteroatoms. The van der Waals surface area contributed by atoms with Gasteiger partial charge in [0.15, 0.2) is 0 Å². The second-order valence-electron chi connectivity index (χ2n) is 4.43. The lowest BCUT2D eigenvalue weighted by Gasteiger charge is -2.13. The van der Waals surface area contributed by atoms with Crippen LogP contribution in [0.2, 0.25) is 10.0 Å². The Morgan fingerprint density at radius 2 is 1.70 bits per heavy atom. The first-order valence-corrected chi connectivity index (χ1v) is 6.68. The average molecular weight is 311 g/mol. The second-order valence-corrected chi connectivity index (χ2v) is 5.25. The molecule has 2 aromatic carbocycles. The molecule has 0 saturated carbocycles. The third-order valence-electron chi connectivity index (χ3n) is 3.02. The molecule has 0 bridgehead atoms. The average Bonchev–Trinajstić information content (AvgIpc) is 2.41. The number of carboxylic acids is 1. The molecule has 2 rings (SSSR count). The van der Waals surface area contributed by atoms with Crippen LogP contribution in [0.1, 0.15) is 17.0 Å². The molecule has 0 aliphatic heterocycles. The van der Waals surface area contributed by atoms with E-state index in [1.54, 1.807) is 30.3 Å². The van der Waals surface area contributed by atoms with Crippen LogP contribution >= 0.6 is 23.2 Å². The van der Waals surface area contributed by atoms with E-state index in [4.69, 9.17) is 23.2 Å². The van der Waals surface area contributed by atoms with E-state index in [2.05, 4.69) is 0 Å². The molecule has 2 aromatic rings. The van der Waals surface area contributed by atoms with Crippen LogP contribution in [0, 0.1) is 0 Å². The molecule has 0 aliphatic carbocycles. The molecule has 0 amide bonds. The van der Waals surface area contributed by atoms with Crippen molar-refractivity contribution in [1.29, 1.82) is 0 Å². The van der Waals surface area contributed by atoms with E-state index in [9.17, 15) is 15.0 Å². The number of halogens is 2. The minimum absolute atomic E-state index is 0.104. The Morgan fingerprint density at radius 3 is 2.25 bits per heavy atom. The minimum atomic E-state index is -0.929. The van der Waals surface area contributed by atoms with Crippen LogP contribution in [0.4, 0.5) is 0 Å². The van der Waals surface area contributed by atoms with Crippen LogP contribution in [0.3, 0.4) is 0 Å². The fraction of sp³-hybridized carbons (Fsp3) is 0.133. The topological polar surface area (TPSA) is 57.5 Å². The van der Waals surface area contributed by atoms with E-state index in [-0.39, 0.29) is 5.75 Å². The molecule has 2 N–H and O–H groups in total. The van der Waals surface area contributed by atoms with Crippen molar-refractivity contribution in [2.75, 3.05) is 0 Å². The Balaban J connectivity index is 2.27. The van der Waals surface area contributed by atoms with E-state index in [1.807, 2.05) is 0 Å². The van der Waals surface area contributed by atoms with Crippen LogP contribution in [0.15, 0.2) is 42.5 Å². The molecule has 104 valence electrons. The maximum absolute atomic E-state index is 11.4. The van der Waals surface area contributed by atoms with Gasteiger partial charge in [-0.1, -0.05) is 41.4 Å². The second kappa shape index (κ2) is 6.16. The smallest absolute Gasteiger partial charge is 0.311 e. The maximum Gasteiger partial charge on any atom is 0.311 e. The van der Waals surface area contributed by atoms with Gasteiger partial charge in [-0.3, -0.25) is 4.79 Å². The maximum atomic E-state index is 11.4. The van der Waals surface area contributed by atoms with E-state index in [0.29, 0.717) is 22.0 Å². The zero-order valence-corrected chi connectivity index (χ0v) is 11.9. The highest BCUT2D eigenvalue weighted by atomic mass is 35.5. The predicted octanol–water partition coefficient (Wildman–Crippen LogP) is 4.11. The van der Waals surface area contributed by atoms with Crippen molar-refractivity contribution in [2.45, 2.75) is 12.3 Å². The third-order valence-corrected chi connectivity index (χ3v) is 3.76. The largest absolute Gasteiger partial charge is 0.508 e. The number of carbonyl (C=O) groups is 1. The van der Waals surface area contributed by atoms with Gasteiger partial charge in [0.2, 0.25) is 0 Å². The lowest BCUT2D eigenvalue weighted by atomic mass is 9.92. The molecule has 0 spiro atoms. The fourth-order valence-electron chi connectivity index (χ4n) is 1.96. The molecule has 20 heavy (non-hydrogen) atoms. The monoisotopic (exact) mass is 310 g/mol. The first kappa shape index (κ1) is 14.7. The SMILES string of the molecule is O=C(O)C(Cc1ccc(Cl)c(Cl)c1)c1ccc(O)cc1. The van der Waals surface area contributed by atoms with Crippen molar-refractivity contribution in [3.8, 4) is 5.75 Å². The molecule has 0 heterocycles. The summed E-state index contributed by atoms with van der Waals surface area (Å²) in [4.78, 5) is 11.4. The molecular weight excluding hydrogens is 299 g/mol. The van der Waals surface area contributed by atoms with E-state index < -0.39 is 11.9 Å². The quantitative estimate of drug-likeness (QED) is 0.893. The summed E-state index contributed by atoms with van der Waals surface area (Å²) in [5, 5.41) is 19.5. The van der Waals surface area contributed by atoms with Gasteiger partial charge in [-0.05, 0) is 41.8 Å². The van der Waals surface area contributed by atoms with Gasteiger partial charge in [0, 0.05) is 0 Å². The molecule has 1 unspecified atom stereocenters. The highest BCUT2D eigenvalue weighted by Crippen LogP contribution is 2.27. The van der Waals surface area contributed by atoms with Crippen molar-refractivity contribution in [2.24, 2.45) is 0 Å². The van der Waals surface area contributed by atoms with Crippen molar-refractivity contribution >= 4 is 29.2 Å². The summed E-state index contributed by atoms with van der Waals surface area (Å²) >= 11 is 11.8. The number of benzene rings is 2. The molecule has 0 aliphatic rings. The Hall–Kier alpha value is -1.71. The highest BCUT2D eigenvalue weighted by molar-refractivity contribution is 6.42. The Labute approximate surface area is 126 Å². The number of phenols is 1. The van der Waals surface area contributed by atoms with Crippen LogP contribution in [0.25, 0.3) is 0 Å². The van der Waals surface area contributed by atoms with E-state index in [0.717, 1.165) is 5.56 Å². The summed E-state index contributed by atoms with van der Waals surface area (Å²) in [6, 6.07) is 11.2. The van der Waals surface area contributed by atoms with E-state index >= 15 is 0 Å². The van der Waals surface area contributed by atoms with Gasteiger partial charge in [-0.15, -0.1) is 0 Å². The van der Waals surface area contributed by atoms with Gasteiger partial charge in [-0.2, -0.15) is 0 Å². The van der Waals surface area contributed by atoms with Crippen molar-refractivity contribution in [1.82, 2.24) is 0 Å². The summed E-state index contributed by atoms with van der Waals surface area (Å²) < 4.78 is 0. The van der Waals surface area contributed by atoms with Crippen LogP contribution in [-0.4, -0.2) is 16.2 Å². The first-order chi connectivity index (χ1) is 9.47. The lowest BCUT2D eigenvalue weighted by Crippen LogP contribution is -2.14. The summed E-state index contributed by atoms with van der Waals surface area (Å²) in [6.45, 7) is 0. The van der Waals surface area contributed by atoms with Gasteiger partial charge in [0.1, 0.15) is 5.75 Å². The number of aliphatic carboxylic acids is 1. The molecule has 3 nitrogen and oxygen atoms in total. The van der Waals surface area contributed by atoms with Crippen molar-refractivity contribution in [3.05, 3.63) is 63.6 Å². The van der Waals surface area contributed by atoms with Crippen LogP contribution in [0.5, 0.6) is 5.75 Å². The summed E-state index contributed by atoms with van der Waals surface area (Å²) in [5.74, 6) is -1.53. The number of hydrogen-bond donors (Lipinski definition) is 2. The van der Waals surface area contributed by atoms with Gasteiger partial charge in [0.05, 0.1) is 16.0 Å². The molecule has 0 radical (unpaired) electrons. The zero-order chi connectivity index (χ0) is 14.7.